The Hall–Kier alpha value is -1.02. The molecular weight excluding hydrogens is 198 g/mol. The molecule has 2 nitrogen and oxygen atoms in total. The molecule has 0 bridgehead atoms. The van der Waals surface area contributed by atoms with E-state index in [9.17, 15) is 0 Å². The maximum Gasteiger partial charge on any atom is 0.119 e. The number of nitrogens with one attached hydrogen (secondary N) is 1. The van der Waals surface area contributed by atoms with E-state index in [2.05, 4.69) is 23.5 Å². The van der Waals surface area contributed by atoms with E-state index in [1.165, 1.54) is 43.2 Å². The first-order chi connectivity index (χ1) is 7.86. The molecule has 0 aliphatic heterocycles. The van der Waals surface area contributed by atoms with Crippen LogP contribution in [0.25, 0.3) is 0 Å². The molecule has 3 rings (SSSR count). The lowest BCUT2D eigenvalue weighted by Gasteiger charge is -2.27. The molecule has 0 spiro atoms. The molecule has 0 saturated heterocycles. The number of hydrogen-bond acceptors (Lipinski definition) is 2. The first kappa shape index (κ1) is 10.2. The molecule has 1 atom stereocenters. The fraction of sp³-hybridized carbons (Fsp3) is 0.571. The van der Waals surface area contributed by atoms with Gasteiger partial charge in [-0.25, -0.2) is 0 Å². The Kier molecular flexibility index (Phi) is 2.60. The minimum absolute atomic E-state index is 0.585. The molecule has 0 aromatic heterocycles. The third-order valence-electron chi connectivity index (χ3n) is 3.68. The summed E-state index contributed by atoms with van der Waals surface area (Å²) in [7, 11) is 1.74. The molecule has 1 unspecified atom stereocenters. The molecule has 86 valence electrons. The van der Waals surface area contributed by atoms with Crippen molar-refractivity contribution in [1.82, 2.24) is 5.32 Å². The van der Waals surface area contributed by atoms with Gasteiger partial charge >= 0.3 is 0 Å². The second kappa shape index (κ2) is 4.10. The molecule has 0 heterocycles. The molecule has 16 heavy (non-hydrogen) atoms. The summed E-state index contributed by atoms with van der Waals surface area (Å²) in [6.07, 6.45) is 6.51. The van der Waals surface area contributed by atoms with Gasteiger partial charge in [-0.15, -0.1) is 0 Å². The van der Waals surface area contributed by atoms with Gasteiger partial charge in [0.1, 0.15) is 5.75 Å². The van der Waals surface area contributed by atoms with Crippen LogP contribution in [0.1, 0.15) is 42.9 Å². The molecule has 0 radical (unpaired) electrons. The summed E-state index contributed by atoms with van der Waals surface area (Å²) in [6, 6.07) is 7.91. The summed E-state index contributed by atoms with van der Waals surface area (Å²) in [6.45, 7) is 0. The Morgan fingerprint density at radius 3 is 2.88 bits per heavy atom. The van der Waals surface area contributed by atoms with Crippen LogP contribution in [0.15, 0.2) is 18.2 Å². The lowest BCUT2D eigenvalue weighted by Crippen LogP contribution is -2.26. The molecule has 1 N–H and O–H groups in total. The Morgan fingerprint density at radius 1 is 1.25 bits per heavy atom. The fourth-order valence-corrected chi connectivity index (χ4v) is 2.63. The van der Waals surface area contributed by atoms with E-state index in [0.29, 0.717) is 6.04 Å². The van der Waals surface area contributed by atoms with E-state index >= 15 is 0 Å². The van der Waals surface area contributed by atoms with Gasteiger partial charge in [-0.2, -0.15) is 0 Å². The van der Waals surface area contributed by atoms with Crippen molar-refractivity contribution in [3.8, 4) is 5.75 Å². The normalized spacial score (nSPS) is 23.9. The molecule has 2 aliphatic rings. The lowest BCUT2D eigenvalue weighted by atomic mass is 9.87. The summed E-state index contributed by atoms with van der Waals surface area (Å²) >= 11 is 0. The maximum absolute atomic E-state index is 5.29. The maximum atomic E-state index is 5.29. The van der Waals surface area contributed by atoms with Crippen molar-refractivity contribution in [1.29, 1.82) is 0 Å². The van der Waals surface area contributed by atoms with Gasteiger partial charge in [0, 0.05) is 12.1 Å². The monoisotopic (exact) mass is 217 g/mol. The zero-order valence-electron chi connectivity index (χ0n) is 9.83. The van der Waals surface area contributed by atoms with Crippen LogP contribution in [-0.2, 0) is 6.42 Å². The average Bonchev–Trinajstić information content (AvgIpc) is 3.13. The van der Waals surface area contributed by atoms with Crippen molar-refractivity contribution >= 4 is 0 Å². The minimum atomic E-state index is 0.585. The second-order valence-electron chi connectivity index (χ2n) is 4.95. The smallest absolute Gasteiger partial charge is 0.119 e. The number of benzene rings is 1. The largest absolute Gasteiger partial charge is 0.497 e. The van der Waals surface area contributed by atoms with Crippen molar-refractivity contribution in [2.75, 3.05) is 7.11 Å². The SMILES string of the molecule is COc1ccc2c(c1)CCCC2NC1CC1. The minimum Gasteiger partial charge on any atom is -0.497 e. The van der Waals surface area contributed by atoms with Crippen molar-refractivity contribution in [2.45, 2.75) is 44.2 Å². The molecule has 1 aromatic carbocycles. The topological polar surface area (TPSA) is 21.3 Å². The molecule has 1 saturated carbocycles. The number of rotatable bonds is 3. The zero-order valence-corrected chi connectivity index (χ0v) is 9.83. The molecule has 0 amide bonds. The summed E-state index contributed by atoms with van der Waals surface area (Å²) in [5, 5.41) is 3.75. The van der Waals surface area contributed by atoms with Crippen molar-refractivity contribution < 1.29 is 4.74 Å². The zero-order chi connectivity index (χ0) is 11.0. The quantitative estimate of drug-likeness (QED) is 0.840. The van der Waals surface area contributed by atoms with Crippen LogP contribution < -0.4 is 10.1 Å². The van der Waals surface area contributed by atoms with Gasteiger partial charge in [0.2, 0.25) is 0 Å². The van der Waals surface area contributed by atoms with Gasteiger partial charge in [0.25, 0.3) is 0 Å². The van der Waals surface area contributed by atoms with Crippen LogP contribution in [0.2, 0.25) is 0 Å². The predicted octanol–water partition coefficient (Wildman–Crippen LogP) is 2.82. The fourth-order valence-electron chi connectivity index (χ4n) is 2.63. The van der Waals surface area contributed by atoms with E-state index in [0.717, 1.165) is 11.8 Å². The molecule has 1 fully saturated rings. The van der Waals surface area contributed by atoms with Gasteiger partial charge < -0.3 is 10.1 Å². The number of ether oxygens (including phenoxy) is 1. The van der Waals surface area contributed by atoms with Crippen LogP contribution in [0.4, 0.5) is 0 Å². The van der Waals surface area contributed by atoms with Crippen LogP contribution in [0.5, 0.6) is 5.75 Å². The van der Waals surface area contributed by atoms with Gasteiger partial charge in [0.05, 0.1) is 7.11 Å². The second-order valence-corrected chi connectivity index (χ2v) is 4.95. The predicted molar refractivity (Wildman–Crippen MR) is 64.8 cm³/mol. The third kappa shape index (κ3) is 1.94. The summed E-state index contributed by atoms with van der Waals surface area (Å²) in [5.41, 5.74) is 2.97. The third-order valence-corrected chi connectivity index (χ3v) is 3.68. The highest BCUT2D eigenvalue weighted by molar-refractivity contribution is 5.39. The summed E-state index contributed by atoms with van der Waals surface area (Å²) in [4.78, 5) is 0. The van der Waals surface area contributed by atoms with Crippen molar-refractivity contribution in [3.05, 3.63) is 29.3 Å². The molecule has 2 heteroatoms. The van der Waals surface area contributed by atoms with Crippen molar-refractivity contribution in [3.63, 3.8) is 0 Å². The van der Waals surface area contributed by atoms with Crippen LogP contribution in [-0.4, -0.2) is 13.2 Å². The van der Waals surface area contributed by atoms with E-state index in [1.807, 2.05) is 0 Å². The number of fused-ring (bicyclic) bond motifs is 1. The number of hydrogen-bond donors (Lipinski definition) is 1. The van der Waals surface area contributed by atoms with E-state index in [4.69, 9.17) is 4.74 Å². The highest BCUT2D eigenvalue weighted by Crippen LogP contribution is 2.34. The lowest BCUT2D eigenvalue weighted by molar-refractivity contribution is 0.410. The average molecular weight is 217 g/mol. The number of aryl methyl sites for hydroxylation is 1. The standard InChI is InChI=1S/C14H19NO/c1-16-12-7-8-13-10(9-12)3-2-4-14(13)15-11-5-6-11/h7-9,11,14-15H,2-6H2,1H3. The van der Waals surface area contributed by atoms with Gasteiger partial charge in [-0.05, 0) is 55.4 Å². The van der Waals surface area contributed by atoms with Crippen LogP contribution in [0, 0.1) is 0 Å². The van der Waals surface area contributed by atoms with Crippen LogP contribution in [0.3, 0.4) is 0 Å². The number of methoxy groups -OCH3 is 1. The van der Waals surface area contributed by atoms with Crippen molar-refractivity contribution in [2.24, 2.45) is 0 Å². The first-order valence-corrected chi connectivity index (χ1v) is 6.29. The summed E-state index contributed by atoms with van der Waals surface area (Å²) in [5.74, 6) is 0.992. The molecule has 1 aromatic rings. The Balaban J connectivity index is 1.85. The van der Waals surface area contributed by atoms with Crippen LogP contribution >= 0.6 is 0 Å². The van der Waals surface area contributed by atoms with Gasteiger partial charge in [-0.1, -0.05) is 6.07 Å². The Morgan fingerprint density at radius 2 is 2.12 bits per heavy atom. The van der Waals surface area contributed by atoms with E-state index in [1.54, 1.807) is 7.11 Å². The van der Waals surface area contributed by atoms with Gasteiger partial charge in [-0.3, -0.25) is 0 Å². The van der Waals surface area contributed by atoms with E-state index < -0.39 is 0 Å². The molecule has 2 aliphatic carbocycles. The highest BCUT2D eigenvalue weighted by Gasteiger charge is 2.28. The summed E-state index contributed by atoms with van der Waals surface area (Å²) < 4.78 is 5.29. The van der Waals surface area contributed by atoms with E-state index in [-0.39, 0.29) is 0 Å². The Bertz CT molecular complexity index is 384. The Labute approximate surface area is 97.0 Å². The van der Waals surface area contributed by atoms with Gasteiger partial charge in [0.15, 0.2) is 0 Å². The highest BCUT2D eigenvalue weighted by atomic mass is 16.5. The first-order valence-electron chi connectivity index (χ1n) is 6.29. The molecular formula is C14H19NO.